The first kappa shape index (κ1) is 17.1. The number of aromatic nitrogens is 2. The number of amides is 1. The van der Waals surface area contributed by atoms with Gasteiger partial charge in [0.2, 0.25) is 5.91 Å². The largest absolute Gasteiger partial charge is 0.385 e. The first-order chi connectivity index (χ1) is 11.8. The SMILES string of the molecule is COCCCn1nccc1[C@H]1OCC[C@@H]1C(=O)NCc1ccsc1. The van der Waals surface area contributed by atoms with Gasteiger partial charge in [0.25, 0.3) is 0 Å². The molecule has 2 aromatic rings. The van der Waals surface area contributed by atoms with E-state index in [0.717, 1.165) is 30.6 Å². The van der Waals surface area contributed by atoms with Crippen LogP contribution < -0.4 is 5.32 Å². The van der Waals surface area contributed by atoms with Crippen LogP contribution in [0.5, 0.6) is 0 Å². The van der Waals surface area contributed by atoms with Gasteiger partial charge in [-0.1, -0.05) is 0 Å². The van der Waals surface area contributed by atoms with E-state index in [9.17, 15) is 4.79 Å². The first-order valence-corrected chi connectivity index (χ1v) is 9.15. The van der Waals surface area contributed by atoms with E-state index in [2.05, 4.69) is 10.4 Å². The molecule has 0 bridgehead atoms. The van der Waals surface area contributed by atoms with Crippen LogP contribution in [0, 0.1) is 5.92 Å². The standard InChI is InChI=1S/C17H23N3O3S/c1-22-8-2-7-20-15(3-6-19-20)16-14(4-9-23-16)17(21)18-11-13-5-10-24-12-13/h3,5-6,10,12,14,16H,2,4,7-9,11H2,1H3,(H,18,21)/t14-,16-/m0/s1. The minimum absolute atomic E-state index is 0.0494. The number of carbonyl (C=O) groups excluding carboxylic acids is 1. The summed E-state index contributed by atoms with van der Waals surface area (Å²) in [6, 6.07) is 3.97. The van der Waals surface area contributed by atoms with Crippen LogP contribution in [0.4, 0.5) is 0 Å². The van der Waals surface area contributed by atoms with Gasteiger partial charge < -0.3 is 14.8 Å². The molecule has 1 fully saturated rings. The highest BCUT2D eigenvalue weighted by atomic mass is 32.1. The van der Waals surface area contributed by atoms with Crippen molar-refractivity contribution >= 4 is 17.2 Å². The number of hydrogen-bond acceptors (Lipinski definition) is 5. The van der Waals surface area contributed by atoms with Crippen LogP contribution in [0.25, 0.3) is 0 Å². The highest BCUT2D eigenvalue weighted by Crippen LogP contribution is 2.34. The van der Waals surface area contributed by atoms with Crippen molar-refractivity contribution < 1.29 is 14.3 Å². The molecule has 1 aliphatic rings. The molecule has 0 spiro atoms. The molecule has 130 valence electrons. The van der Waals surface area contributed by atoms with Crippen molar-refractivity contribution in [3.63, 3.8) is 0 Å². The Morgan fingerprint density at radius 1 is 1.54 bits per heavy atom. The fraction of sp³-hybridized carbons (Fsp3) is 0.529. The summed E-state index contributed by atoms with van der Waals surface area (Å²) >= 11 is 1.64. The summed E-state index contributed by atoms with van der Waals surface area (Å²) in [7, 11) is 1.69. The molecule has 3 rings (SSSR count). The summed E-state index contributed by atoms with van der Waals surface area (Å²) in [6.45, 7) is 2.62. The maximum Gasteiger partial charge on any atom is 0.226 e. The van der Waals surface area contributed by atoms with Gasteiger partial charge in [-0.3, -0.25) is 9.48 Å². The number of hydrogen-bond donors (Lipinski definition) is 1. The third-order valence-electron chi connectivity index (χ3n) is 4.23. The summed E-state index contributed by atoms with van der Waals surface area (Å²) in [5, 5.41) is 11.5. The molecule has 24 heavy (non-hydrogen) atoms. The maximum absolute atomic E-state index is 12.6. The van der Waals surface area contributed by atoms with Gasteiger partial charge in [-0.15, -0.1) is 0 Å². The fourth-order valence-electron chi connectivity index (χ4n) is 2.99. The van der Waals surface area contributed by atoms with Crippen LogP contribution in [0.3, 0.4) is 0 Å². The fourth-order valence-corrected chi connectivity index (χ4v) is 3.66. The lowest BCUT2D eigenvalue weighted by Gasteiger charge is -2.19. The Balaban J connectivity index is 1.62. The van der Waals surface area contributed by atoms with E-state index < -0.39 is 0 Å². The van der Waals surface area contributed by atoms with Gasteiger partial charge in [0.05, 0.1) is 11.6 Å². The third-order valence-corrected chi connectivity index (χ3v) is 4.97. The van der Waals surface area contributed by atoms with Crippen molar-refractivity contribution in [2.45, 2.75) is 32.0 Å². The Labute approximate surface area is 145 Å². The molecule has 1 saturated heterocycles. The molecule has 1 aliphatic heterocycles. The Morgan fingerprint density at radius 3 is 3.25 bits per heavy atom. The summed E-state index contributed by atoms with van der Waals surface area (Å²) in [4.78, 5) is 12.6. The monoisotopic (exact) mass is 349 g/mol. The molecule has 0 radical (unpaired) electrons. The van der Waals surface area contributed by atoms with Crippen molar-refractivity contribution in [3.05, 3.63) is 40.3 Å². The van der Waals surface area contributed by atoms with Crippen molar-refractivity contribution in [3.8, 4) is 0 Å². The quantitative estimate of drug-likeness (QED) is 0.743. The molecule has 0 saturated carbocycles. The van der Waals surface area contributed by atoms with Gasteiger partial charge in [0.1, 0.15) is 6.10 Å². The van der Waals surface area contributed by atoms with Gasteiger partial charge in [0.15, 0.2) is 0 Å². The van der Waals surface area contributed by atoms with Crippen LogP contribution in [-0.2, 0) is 27.4 Å². The minimum Gasteiger partial charge on any atom is -0.385 e. The minimum atomic E-state index is -0.225. The second kappa shape index (κ2) is 8.41. The number of thiophene rings is 1. The topological polar surface area (TPSA) is 65.4 Å². The third kappa shape index (κ3) is 4.03. The highest BCUT2D eigenvalue weighted by molar-refractivity contribution is 7.07. The van der Waals surface area contributed by atoms with Crippen molar-refractivity contribution in [2.75, 3.05) is 20.3 Å². The first-order valence-electron chi connectivity index (χ1n) is 8.20. The number of rotatable bonds is 8. The molecule has 6 nitrogen and oxygen atoms in total. The van der Waals surface area contributed by atoms with E-state index in [1.54, 1.807) is 24.6 Å². The Hall–Kier alpha value is -1.70. The predicted molar refractivity (Wildman–Crippen MR) is 91.7 cm³/mol. The Kier molecular flexibility index (Phi) is 6.01. The number of ether oxygens (including phenoxy) is 2. The lowest BCUT2D eigenvalue weighted by molar-refractivity contribution is -0.127. The average molecular weight is 349 g/mol. The van der Waals surface area contributed by atoms with Gasteiger partial charge in [-0.2, -0.15) is 16.4 Å². The van der Waals surface area contributed by atoms with Crippen molar-refractivity contribution in [1.29, 1.82) is 0 Å². The number of nitrogens with one attached hydrogen (secondary N) is 1. The molecule has 2 aromatic heterocycles. The van der Waals surface area contributed by atoms with E-state index in [4.69, 9.17) is 9.47 Å². The zero-order valence-electron chi connectivity index (χ0n) is 13.8. The molecular weight excluding hydrogens is 326 g/mol. The van der Waals surface area contributed by atoms with Gasteiger partial charge in [-0.05, 0) is 41.3 Å². The lowest BCUT2D eigenvalue weighted by atomic mass is 9.98. The van der Waals surface area contributed by atoms with Crippen molar-refractivity contribution in [1.82, 2.24) is 15.1 Å². The summed E-state index contributed by atoms with van der Waals surface area (Å²) in [5.74, 6) is -0.116. The molecule has 0 aliphatic carbocycles. The molecular formula is C17H23N3O3S. The van der Waals surface area contributed by atoms with Crippen LogP contribution in [0.15, 0.2) is 29.1 Å². The Morgan fingerprint density at radius 2 is 2.46 bits per heavy atom. The van der Waals surface area contributed by atoms with E-state index in [0.29, 0.717) is 19.8 Å². The average Bonchev–Trinajstić information content (AvgIpc) is 3.33. The highest BCUT2D eigenvalue weighted by Gasteiger charge is 2.36. The van der Waals surface area contributed by atoms with E-state index in [1.165, 1.54) is 0 Å². The van der Waals surface area contributed by atoms with Crippen LogP contribution in [-0.4, -0.2) is 36.0 Å². The van der Waals surface area contributed by atoms with Crippen LogP contribution in [0.1, 0.15) is 30.2 Å². The molecule has 3 heterocycles. The molecule has 1 amide bonds. The smallest absolute Gasteiger partial charge is 0.226 e. The molecule has 1 N–H and O–H groups in total. The predicted octanol–water partition coefficient (Wildman–Crippen LogP) is 2.38. The van der Waals surface area contributed by atoms with Gasteiger partial charge in [-0.25, -0.2) is 0 Å². The molecule has 7 heteroatoms. The summed E-state index contributed by atoms with van der Waals surface area (Å²) in [5.41, 5.74) is 2.10. The van der Waals surface area contributed by atoms with Gasteiger partial charge >= 0.3 is 0 Å². The number of methoxy groups -OCH3 is 1. The number of carbonyl (C=O) groups is 1. The maximum atomic E-state index is 12.6. The normalized spacial score (nSPS) is 20.4. The lowest BCUT2D eigenvalue weighted by Crippen LogP contribution is -2.32. The molecule has 0 unspecified atom stereocenters. The van der Waals surface area contributed by atoms with Crippen molar-refractivity contribution in [2.24, 2.45) is 5.92 Å². The second-order valence-corrected chi connectivity index (χ2v) is 6.64. The second-order valence-electron chi connectivity index (χ2n) is 5.86. The van der Waals surface area contributed by atoms with E-state index in [-0.39, 0.29) is 17.9 Å². The zero-order valence-corrected chi connectivity index (χ0v) is 14.6. The molecule has 0 aromatic carbocycles. The zero-order chi connectivity index (χ0) is 16.8. The summed E-state index contributed by atoms with van der Waals surface area (Å²) < 4.78 is 12.9. The number of nitrogens with zero attached hydrogens (tertiary/aromatic N) is 2. The van der Waals surface area contributed by atoms with Crippen LogP contribution in [0.2, 0.25) is 0 Å². The Bertz CT molecular complexity index is 641. The van der Waals surface area contributed by atoms with E-state index >= 15 is 0 Å². The number of aryl methyl sites for hydroxylation is 1. The summed E-state index contributed by atoms with van der Waals surface area (Å²) in [6.07, 6.45) is 3.16. The van der Waals surface area contributed by atoms with Crippen LogP contribution >= 0.6 is 11.3 Å². The van der Waals surface area contributed by atoms with E-state index in [1.807, 2.05) is 27.6 Å². The van der Waals surface area contributed by atoms with Gasteiger partial charge in [0, 0.05) is 39.6 Å². The molecule has 2 atom stereocenters.